The van der Waals surface area contributed by atoms with Gasteiger partial charge in [-0.15, -0.1) is 0 Å². The summed E-state index contributed by atoms with van der Waals surface area (Å²) in [6.45, 7) is 4.00. The predicted molar refractivity (Wildman–Crippen MR) is 67.5 cm³/mol. The lowest BCUT2D eigenvalue weighted by Gasteiger charge is -2.13. The number of carbonyl (C=O) groups excluding carboxylic acids is 2. The van der Waals surface area contributed by atoms with Crippen molar-refractivity contribution in [3.63, 3.8) is 0 Å². The van der Waals surface area contributed by atoms with E-state index in [9.17, 15) is 9.59 Å². The topological polar surface area (TPSA) is 71.1 Å². The van der Waals surface area contributed by atoms with E-state index in [1.807, 2.05) is 6.92 Å². The van der Waals surface area contributed by atoms with Crippen LogP contribution < -0.4 is 10.6 Å². The summed E-state index contributed by atoms with van der Waals surface area (Å²) in [6.07, 6.45) is 3.04. The van der Waals surface area contributed by atoms with Crippen LogP contribution in [0.4, 0.5) is 0 Å². The molecule has 1 aromatic heterocycles. The number of likely N-dealkylation sites (N-methyl/N-ethyl adjacent to an activating group) is 1. The third-order valence-electron chi connectivity index (χ3n) is 2.06. The van der Waals surface area contributed by atoms with Crippen LogP contribution in [-0.4, -0.2) is 29.4 Å². The molecule has 92 valence electrons. The first kappa shape index (κ1) is 13.6. The van der Waals surface area contributed by atoms with E-state index in [1.54, 1.807) is 19.2 Å². The van der Waals surface area contributed by atoms with Crippen LogP contribution in [0.2, 0.25) is 0 Å². The van der Waals surface area contributed by atoms with Crippen molar-refractivity contribution in [2.75, 3.05) is 6.54 Å². The average molecular weight is 300 g/mol. The predicted octanol–water partition coefficient (Wildman–Crippen LogP) is 1.10. The number of nitrogens with one attached hydrogen (secondary N) is 2. The van der Waals surface area contributed by atoms with E-state index in [0.29, 0.717) is 12.1 Å². The number of hydrogen-bond donors (Lipinski definition) is 2. The SMILES string of the molecule is CCNC(=O)C(C)NC(=O)c1cncc(Br)c1. The number of rotatable bonds is 4. The molecule has 6 heteroatoms. The molecule has 1 unspecified atom stereocenters. The minimum atomic E-state index is -0.568. The molecule has 5 nitrogen and oxygen atoms in total. The van der Waals surface area contributed by atoms with Crippen LogP contribution in [0, 0.1) is 0 Å². The lowest BCUT2D eigenvalue weighted by Crippen LogP contribution is -2.44. The Balaban J connectivity index is 2.63. The van der Waals surface area contributed by atoms with Crippen molar-refractivity contribution in [2.45, 2.75) is 19.9 Å². The molecule has 0 saturated carbocycles. The maximum absolute atomic E-state index is 11.8. The van der Waals surface area contributed by atoms with Gasteiger partial charge in [0, 0.05) is 23.4 Å². The molecular weight excluding hydrogens is 286 g/mol. The Kier molecular flexibility index (Phi) is 5.09. The highest BCUT2D eigenvalue weighted by molar-refractivity contribution is 9.10. The molecule has 1 atom stereocenters. The fourth-order valence-corrected chi connectivity index (χ4v) is 1.57. The van der Waals surface area contributed by atoms with Gasteiger partial charge in [-0.3, -0.25) is 14.6 Å². The number of pyridine rings is 1. The van der Waals surface area contributed by atoms with E-state index < -0.39 is 6.04 Å². The molecule has 0 aliphatic rings. The van der Waals surface area contributed by atoms with Crippen LogP contribution in [-0.2, 0) is 4.79 Å². The second-order valence-electron chi connectivity index (χ2n) is 3.48. The molecule has 0 bridgehead atoms. The zero-order valence-electron chi connectivity index (χ0n) is 9.66. The molecule has 0 fully saturated rings. The van der Waals surface area contributed by atoms with Crippen molar-refractivity contribution in [3.05, 3.63) is 28.5 Å². The monoisotopic (exact) mass is 299 g/mol. The van der Waals surface area contributed by atoms with Gasteiger partial charge in [-0.05, 0) is 35.8 Å². The summed E-state index contributed by atoms with van der Waals surface area (Å²) >= 11 is 3.23. The Bertz CT molecular complexity index is 423. The van der Waals surface area contributed by atoms with Gasteiger partial charge in [0.2, 0.25) is 5.91 Å². The highest BCUT2D eigenvalue weighted by atomic mass is 79.9. The first-order valence-electron chi connectivity index (χ1n) is 5.23. The first-order chi connectivity index (χ1) is 8.04. The van der Waals surface area contributed by atoms with E-state index in [2.05, 4.69) is 31.5 Å². The quantitative estimate of drug-likeness (QED) is 0.874. The summed E-state index contributed by atoms with van der Waals surface area (Å²) < 4.78 is 0.718. The fraction of sp³-hybridized carbons (Fsp3) is 0.364. The minimum Gasteiger partial charge on any atom is -0.355 e. The highest BCUT2D eigenvalue weighted by Gasteiger charge is 2.15. The van der Waals surface area contributed by atoms with E-state index in [0.717, 1.165) is 4.47 Å². The summed E-state index contributed by atoms with van der Waals surface area (Å²) in [5.41, 5.74) is 0.413. The Morgan fingerprint density at radius 2 is 2.18 bits per heavy atom. The van der Waals surface area contributed by atoms with E-state index in [1.165, 1.54) is 6.20 Å². The van der Waals surface area contributed by atoms with Crippen molar-refractivity contribution >= 4 is 27.7 Å². The molecule has 0 aliphatic carbocycles. The molecule has 2 N–H and O–H groups in total. The van der Waals surface area contributed by atoms with E-state index >= 15 is 0 Å². The third kappa shape index (κ3) is 4.14. The van der Waals surface area contributed by atoms with Gasteiger partial charge in [0.05, 0.1) is 5.56 Å². The second kappa shape index (κ2) is 6.34. The molecule has 0 saturated heterocycles. The van der Waals surface area contributed by atoms with Crippen LogP contribution in [0.15, 0.2) is 22.9 Å². The summed E-state index contributed by atoms with van der Waals surface area (Å²) in [4.78, 5) is 27.1. The third-order valence-corrected chi connectivity index (χ3v) is 2.49. The lowest BCUT2D eigenvalue weighted by molar-refractivity contribution is -0.122. The van der Waals surface area contributed by atoms with Crippen molar-refractivity contribution in [1.29, 1.82) is 0 Å². The summed E-state index contributed by atoms with van der Waals surface area (Å²) in [5.74, 6) is -0.527. The second-order valence-corrected chi connectivity index (χ2v) is 4.40. The summed E-state index contributed by atoms with van der Waals surface area (Å²) in [7, 11) is 0. The van der Waals surface area contributed by atoms with Gasteiger partial charge in [0.25, 0.3) is 5.91 Å². The molecule has 1 rings (SSSR count). The normalized spacial score (nSPS) is 11.7. The first-order valence-corrected chi connectivity index (χ1v) is 6.03. The van der Waals surface area contributed by atoms with Gasteiger partial charge in [0.15, 0.2) is 0 Å². The molecule has 0 spiro atoms. The van der Waals surface area contributed by atoms with Crippen LogP contribution in [0.5, 0.6) is 0 Å². The van der Waals surface area contributed by atoms with Crippen molar-refractivity contribution in [1.82, 2.24) is 15.6 Å². The Labute approximate surface area is 108 Å². The molecule has 1 aromatic rings. The minimum absolute atomic E-state index is 0.205. The number of nitrogens with zero attached hydrogens (tertiary/aromatic N) is 1. The Hall–Kier alpha value is -1.43. The van der Waals surface area contributed by atoms with Crippen LogP contribution in [0.25, 0.3) is 0 Å². The summed E-state index contributed by atoms with van der Waals surface area (Å²) in [6, 6.07) is 1.08. The maximum Gasteiger partial charge on any atom is 0.253 e. The van der Waals surface area contributed by atoms with Gasteiger partial charge >= 0.3 is 0 Å². The molecule has 17 heavy (non-hydrogen) atoms. The number of hydrogen-bond acceptors (Lipinski definition) is 3. The fourth-order valence-electron chi connectivity index (χ4n) is 1.21. The van der Waals surface area contributed by atoms with Crippen LogP contribution in [0.3, 0.4) is 0 Å². The largest absolute Gasteiger partial charge is 0.355 e. The van der Waals surface area contributed by atoms with Crippen molar-refractivity contribution in [3.8, 4) is 0 Å². The molecule has 0 aliphatic heterocycles. The number of halogens is 1. The zero-order valence-corrected chi connectivity index (χ0v) is 11.2. The summed E-state index contributed by atoms with van der Waals surface area (Å²) in [5, 5.41) is 5.23. The average Bonchev–Trinajstić information content (AvgIpc) is 2.29. The molecule has 2 amide bonds. The standard InChI is InChI=1S/C11H14BrN3O2/c1-3-14-10(16)7(2)15-11(17)8-4-9(12)6-13-5-8/h4-7H,3H2,1-2H3,(H,14,16)(H,15,17). The van der Waals surface area contributed by atoms with Gasteiger partial charge in [-0.25, -0.2) is 0 Å². The Morgan fingerprint density at radius 3 is 2.76 bits per heavy atom. The maximum atomic E-state index is 11.8. The van der Waals surface area contributed by atoms with E-state index in [4.69, 9.17) is 0 Å². The van der Waals surface area contributed by atoms with Gasteiger partial charge in [0.1, 0.15) is 6.04 Å². The molecule has 0 radical (unpaired) electrons. The van der Waals surface area contributed by atoms with Crippen molar-refractivity contribution < 1.29 is 9.59 Å². The lowest BCUT2D eigenvalue weighted by atomic mass is 10.2. The molecule has 0 aromatic carbocycles. The van der Waals surface area contributed by atoms with Crippen molar-refractivity contribution in [2.24, 2.45) is 0 Å². The number of aromatic nitrogens is 1. The van der Waals surface area contributed by atoms with Gasteiger partial charge < -0.3 is 10.6 Å². The van der Waals surface area contributed by atoms with Gasteiger partial charge in [-0.1, -0.05) is 0 Å². The number of amides is 2. The van der Waals surface area contributed by atoms with Crippen LogP contribution in [0.1, 0.15) is 24.2 Å². The molecule has 1 heterocycles. The van der Waals surface area contributed by atoms with E-state index in [-0.39, 0.29) is 11.8 Å². The number of carbonyl (C=O) groups is 2. The molecular formula is C11H14BrN3O2. The Morgan fingerprint density at radius 1 is 1.47 bits per heavy atom. The smallest absolute Gasteiger partial charge is 0.253 e. The van der Waals surface area contributed by atoms with Crippen LogP contribution >= 0.6 is 15.9 Å². The highest BCUT2D eigenvalue weighted by Crippen LogP contribution is 2.09. The zero-order chi connectivity index (χ0) is 12.8. The van der Waals surface area contributed by atoms with Gasteiger partial charge in [-0.2, -0.15) is 0 Å².